The molecule has 3 rings (SSSR count). The van der Waals surface area contributed by atoms with Crippen molar-refractivity contribution in [3.05, 3.63) is 41.3 Å². The van der Waals surface area contributed by atoms with Gasteiger partial charge in [0.2, 0.25) is 0 Å². The van der Waals surface area contributed by atoms with Crippen LogP contribution in [0.25, 0.3) is 21.7 Å². The van der Waals surface area contributed by atoms with E-state index in [9.17, 15) is 0 Å². The lowest BCUT2D eigenvalue weighted by Crippen LogP contribution is -2.04. The van der Waals surface area contributed by atoms with E-state index in [0.29, 0.717) is 0 Å². The molecular weight excluding hydrogens is 230 g/mol. The molecule has 0 saturated heterocycles. The van der Waals surface area contributed by atoms with Gasteiger partial charge in [-0.15, -0.1) is 11.3 Å². The van der Waals surface area contributed by atoms with Gasteiger partial charge in [0.05, 0.1) is 15.9 Å². The number of hydrogen-bond acceptors (Lipinski definition) is 3. The second-order valence-corrected chi connectivity index (χ2v) is 4.89. The van der Waals surface area contributed by atoms with Gasteiger partial charge in [0.1, 0.15) is 5.82 Å². The minimum atomic E-state index is 0.878. The molecule has 2 N–H and O–H groups in total. The summed E-state index contributed by atoms with van der Waals surface area (Å²) >= 11 is 1.70. The van der Waals surface area contributed by atoms with Crippen molar-refractivity contribution >= 4 is 22.4 Å². The Morgan fingerprint density at radius 3 is 3.06 bits per heavy atom. The van der Waals surface area contributed by atoms with Crippen LogP contribution < -0.4 is 5.32 Å². The molecule has 0 atom stereocenters. The van der Waals surface area contributed by atoms with Crippen LogP contribution in [0.5, 0.6) is 0 Å². The van der Waals surface area contributed by atoms with Gasteiger partial charge in [0.25, 0.3) is 0 Å². The first-order valence-electron chi connectivity index (χ1n) is 5.54. The zero-order valence-corrected chi connectivity index (χ0v) is 10.3. The monoisotopic (exact) mass is 243 g/mol. The first-order valence-corrected chi connectivity index (χ1v) is 6.42. The minimum absolute atomic E-state index is 0.878. The molecule has 17 heavy (non-hydrogen) atoms. The van der Waals surface area contributed by atoms with Crippen molar-refractivity contribution < 1.29 is 0 Å². The van der Waals surface area contributed by atoms with Gasteiger partial charge in [-0.1, -0.05) is 12.1 Å². The number of H-pyrrole nitrogens is 1. The molecule has 0 aliphatic carbocycles. The fraction of sp³-hybridized carbons (Fsp3) is 0.154. The summed E-state index contributed by atoms with van der Waals surface area (Å²) in [5.74, 6) is 0.955. The summed E-state index contributed by atoms with van der Waals surface area (Å²) < 4.78 is 0. The highest BCUT2D eigenvalue weighted by atomic mass is 32.1. The summed E-state index contributed by atoms with van der Waals surface area (Å²) in [4.78, 5) is 9.14. The van der Waals surface area contributed by atoms with Gasteiger partial charge >= 0.3 is 0 Å². The van der Waals surface area contributed by atoms with Gasteiger partial charge in [-0.3, -0.25) is 0 Å². The Morgan fingerprint density at radius 2 is 2.29 bits per heavy atom. The Balaban J connectivity index is 2.07. The Kier molecular flexibility index (Phi) is 2.66. The van der Waals surface area contributed by atoms with Crippen molar-refractivity contribution in [1.82, 2.24) is 15.3 Å². The first kappa shape index (κ1) is 10.5. The number of hydrogen-bond donors (Lipinski definition) is 2. The van der Waals surface area contributed by atoms with Crippen LogP contribution >= 0.6 is 11.3 Å². The van der Waals surface area contributed by atoms with E-state index in [1.54, 1.807) is 11.3 Å². The summed E-state index contributed by atoms with van der Waals surface area (Å²) in [6.07, 6.45) is 0. The maximum absolute atomic E-state index is 4.59. The molecule has 2 aromatic heterocycles. The second-order valence-electron chi connectivity index (χ2n) is 3.94. The average molecular weight is 243 g/mol. The normalized spacial score (nSPS) is 11.1. The number of rotatable bonds is 3. The zero-order valence-electron chi connectivity index (χ0n) is 9.53. The summed E-state index contributed by atoms with van der Waals surface area (Å²) in [6, 6.07) is 10.4. The fourth-order valence-electron chi connectivity index (χ4n) is 1.90. The average Bonchev–Trinajstić information content (AvgIpc) is 2.97. The van der Waals surface area contributed by atoms with E-state index in [1.807, 2.05) is 13.1 Å². The lowest BCUT2D eigenvalue weighted by Gasteiger charge is -1.98. The van der Waals surface area contributed by atoms with E-state index >= 15 is 0 Å². The van der Waals surface area contributed by atoms with Crippen LogP contribution in [0.3, 0.4) is 0 Å². The number of aromatic nitrogens is 2. The van der Waals surface area contributed by atoms with Crippen LogP contribution in [-0.2, 0) is 6.54 Å². The Morgan fingerprint density at radius 1 is 1.35 bits per heavy atom. The smallest absolute Gasteiger partial charge is 0.148 e. The summed E-state index contributed by atoms with van der Waals surface area (Å²) in [7, 11) is 1.95. The third-order valence-electron chi connectivity index (χ3n) is 2.68. The Bertz CT molecular complexity index is 625. The van der Waals surface area contributed by atoms with Crippen molar-refractivity contribution in [2.75, 3.05) is 7.05 Å². The molecule has 0 aliphatic rings. The Labute approximate surface area is 104 Å². The largest absolute Gasteiger partial charge is 0.337 e. The van der Waals surface area contributed by atoms with Crippen LogP contribution in [0.1, 0.15) is 5.56 Å². The third kappa shape index (κ3) is 1.97. The molecule has 0 amide bonds. The van der Waals surface area contributed by atoms with E-state index in [0.717, 1.165) is 23.4 Å². The maximum Gasteiger partial charge on any atom is 0.148 e. The molecule has 1 aromatic carbocycles. The van der Waals surface area contributed by atoms with Crippen molar-refractivity contribution in [3.63, 3.8) is 0 Å². The maximum atomic E-state index is 4.59. The molecule has 3 aromatic rings. The van der Waals surface area contributed by atoms with Gasteiger partial charge in [-0.25, -0.2) is 4.98 Å². The van der Waals surface area contributed by atoms with Gasteiger partial charge in [-0.05, 0) is 36.2 Å². The lowest BCUT2D eigenvalue weighted by molar-refractivity contribution is 0.819. The molecule has 3 nitrogen and oxygen atoms in total. The number of nitrogens with one attached hydrogen (secondary N) is 2. The minimum Gasteiger partial charge on any atom is -0.337 e. The SMILES string of the molecule is CNCc1ccc2nc(-c3cccs3)[nH]c2c1. The van der Waals surface area contributed by atoms with E-state index in [4.69, 9.17) is 0 Å². The number of thiophene rings is 1. The van der Waals surface area contributed by atoms with Crippen LogP contribution in [0.2, 0.25) is 0 Å². The van der Waals surface area contributed by atoms with Crippen molar-refractivity contribution in [2.45, 2.75) is 6.54 Å². The van der Waals surface area contributed by atoms with Crippen LogP contribution in [0.4, 0.5) is 0 Å². The molecule has 0 saturated carbocycles. The number of fused-ring (bicyclic) bond motifs is 1. The molecule has 2 heterocycles. The van der Waals surface area contributed by atoms with Crippen molar-refractivity contribution in [3.8, 4) is 10.7 Å². The van der Waals surface area contributed by atoms with Gasteiger partial charge in [-0.2, -0.15) is 0 Å². The summed E-state index contributed by atoms with van der Waals surface area (Å²) in [6.45, 7) is 0.878. The predicted molar refractivity (Wildman–Crippen MR) is 72.2 cm³/mol. The summed E-state index contributed by atoms with van der Waals surface area (Å²) in [5.41, 5.74) is 3.38. The van der Waals surface area contributed by atoms with E-state index in [2.05, 4.69) is 44.9 Å². The quantitative estimate of drug-likeness (QED) is 0.742. The predicted octanol–water partition coefficient (Wildman–Crippen LogP) is 3.01. The standard InChI is InChI=1S/C13H13N3S/c1-14-8-9-4-5-10-11(7-9)16-13(15-10)12-3-2-6-17-12/h2-7,14H,8H2,1H3,(H,15,16). The molecule has 0 fully saturated rings. The van der Waals surface area contributed by atoms with Crippen LogP contribution in [0, 0.1) is 0 Å². The molecule has 0 radical (unpaired) electrons. The molecule has 0 aliphatic heterocycles. The molecule has 86 valence electrons. The number of nitrogens with zero attached hydrogens (tertiary/aromatic N) is 1. The van der Waals surface area contributed by atoms with Gasteiger partial charge in [0, 0.05) is 6.54 Å². The molecule has 0 unspecified atom stereocenters. The lowest BCUT2D eigenvalue weighted by atomic mass is 10.2. The molecule has 4 heteroatoms. The molecular formula is C13H13N3S. The highest BCUT2D eigenvalue weighted by molar-refractivity contribution is 7.13. The molecule has 0 bridgehead atoms. The van der Waals surface area contributed by atoms with Crippen LogP contribution in [-0.4, -0.2) is 17.0 Å². The highest BCUT2D eigenvalue weighted by Crippen LogP contribution is 2.24. The first-order chi connectivity index (χ1) is 8.36. The summed E-state index contributed by atoms with van der Waals surface area (Å²) in [5, 5.41) is 5.22. The highest BCUT2D eigenvalue weighted by Gasteiger charge is 2.06. The van der Waals surface area contributed by atoms with Gasteiger partial charge in [0.15, 0.2) is 0 Å². The van der Waals surface area contributed by atoms with Crippen LogP contribution in [0.15, 0.2) is 35.7 Å². The number of imidazole rings is 1. The number of aromatic amines is 1. The second kappa shape index (κ2) is 4.31. The number of benzene rings is 1. The zero-order chi connectivity index (χ0) is 11.7. The molecule has 0 spiro atoms. The fourth-order valence-corrected chi connectivity index (χ4v) is 2.57. The van der Waals surface area contributed by atoms with Crippen molar-refractivity contribution in [2.24, 2.45) is 0 Å². The van der Waals surface area contributed by atoms with E-state index in [-0.39, 0.29) is 0 Å². The van der Waals surface area contributed by atoms with E-state index < -0.39 is 0 Å². The van der Waals surface area contributed by atoms with Crippen molar-refractivity contribution in [1.29, 1.82) is 0 Å². The van der Waals surface area contributed by atoms with E-state index in [1.165, 1.54) is 10.4 Å². The third-order valence-corrected chi connectivity index (χ3v) is 3.56. The van der Waals surface area contributed by atoms with Gasteiger partial charge < -0.3 is 10.3 Å². The Hall–Kier alpha value is -1.65. The topological polar surface area (TPSA) is 40.7 Å².